The third kappa shape index (κ3) is 2.53. The highest BCUT2D eigenvalue weighted by molar-refractivity contribution is 5.67. The van der Waals surface area contributed by atoms with Gasteiger partial charge in [-0.1, -0.05) is 56.2 Å². The number of hydrogen-bond donors (Lipinski definition) is 1. The van der Waals surface area contributed by atoms with Gasteiger partial charge in [-0.05, 0) is 29.9 Å². The van der Waals surface area contributed by atoms with Crippen LogP contribution in [0.2, 0.25) is 0 Å². The first kappa shape index (κ1) is 11.4. The summed E-state index contributed by atoms with van der Waals surface area (Å²) >= 11 is 0. The first-order valence-electron chi connectivity index (χ1n) is 6.29. The van der Waals surface area contributed by atoms with Crippen molar-refractivity contribution in [2.75, 3.05) is 0 Å². The fourth-order valence-electron chi connectivity index (χ4n) is 2.62. The van der Waals surface area contributed by atoms with Gasteiger partial charge in [0, 0.05) is 6.04 Å². The SMILES string of the molecule is C=C(c1ccccc1)[C@@H](N)C1CCCCC1. The largest absolute Gasteiger partial charge is 0.324 e. The van der Waals surface area contributed by atoms with Gasteiger partial charge in [-0.15, -0.1) is 0 Å². The molecule has 0 aliphatic heterocycles. The van der Waals surface area contributed by atoms with Gasteiger partial charge in [-0.2, -0.15) is 0 Å². The van der Waals surface area contributed by atoms with E-state index < -0.39 is 0 Å². The van der Waals surface area contributed by atoms with Crippen molar-refractivity contribution in [2.24, 2.45) is 11.7 Å². The standard InChI is InChI=1S/C15H21N/c1-12(13-8-4-2-5-9-13)15(16)14-10-6-3-7-11-14/h2,4-5,8-9,14-15H,1,3,6-7,10-11,16H2/t15-/m1/s1. The number of rotatable bonds is 3. The van der Waals surface area contributed by atoms with Crippen molar-refractivity contribution in [3.05, 3.63) is 42.5 Å². The molecule has 1 saturated carbocycles. The van der Waals surface area contributed by atoms with Crippen LogP contribution in [0.25, 0.3) is 5.57 Å². The summed E-state index contributed by atoms with van der Waals surface area (Å²) in [6.07, 6.45) is 6.59. The summed E-state index contributed by atoms with van der Waals surface area (Å²) < 4.78 is 0. The van der Waals surface area contributed by atoms with Crippen LogP contribution in [0, 0.1) is 5.92 Å². The number of hydrogen-bond acceptors (Lipinski definition) is 1. The second kappa shape index (κ2) is 5.31. The first-order valence-corrected chi connectivity index (χ1v) is 6.29. The minimum absolute atomic E-state index is 0.141. The molecule has 0 saturated heterocycles. The van der Waals surface area contributed by atoms with Crippen molar-refractivity contribution >= 4 is 5.57 Å². The summed E-state index contributed by atoms with van der Waals surface area (Å²) in [6.45, 7) is 4.18. The molecule has 1 fully saturated rings. The van der Waals surface area contributed by atoms with Gasteiger partial charge < -0.3 is 5.73 Å². The fraction of sp³-hybridized carbons (Fsp3) is 0.467. The van der Waals surface area contributed by atoms with Crippen LogP contribution in [0.3, 0.4) is 0 Å². The lowest BCUT2D eigenvalue weighted by Gasteiger charge is -2.29. The third-order valence-corrected chi connectivity index (χ3v) is 3.70. The maximum Gasteiger partial charge on any atom is 0.0323 e. The lowest BCUT2D eigenvalue weighted by atomic mass is 9.80. The predicted molar refractivity (Wildman–Crippen MR) is 70.0 cm³/mol. The number of nitrogens with two attached hydrogens (primary N) is 1. The molecule has 0 spiro atoms. The Bertz CT molecular complexity index is 336. The minimum atomic E-state index is 0.141. The van der Waals surface area contributed by atoms with Gasteiger partial charge in [0.2, 0.25) is 0 Å². The highest BCUT2D eigenvalue weighted by atomic mass is 14.7. The molecule has 1 aromatic rings. The van der Waals surface area contributed by atoms with Crippen LogP contribution in [0.5, 0.6) is 0 Å². The van der Waals surface area contributed by atoms with Crippen molar-refractivity contribution in [3.8, 4) is 0 Å². The average molecular weight is 215 g/mol. The maximum absolute atomic E-state index is 6.32. The molecule has 0 amide bonds. The monoisotopic (exact) mass is 215 g/mol. The van der Waals surface area contributed by atoms with E-state index in [0.29, 0.717) is 5.92 Å². The van der Waals surface area contributed by atoms with Gasteiger partial charge >= 0.3 is 0 Å². The van der Waals surface area contributed by atoms with Crippen molar-refractivity contribution in [3.63, 3.8) is 0 Å². The van der Waals surface area contributed by atoms with E-state index in [1.807, 2.05) is 18.2 Å². The molecule has 0 bridgehead atoms. The Kier molecular flexibility index (Phi) is 3.79. The summed E-state index contributed by atoms with van der Waals surface area (Å²) in [6, 6.07) is 10.5. The summed E-state index contributed by atoms with van der Waals surface area (Å²) in [7, 11) is 0. The lowest BCUT2D eigenvalue weighted by Crippen LogP contribution is -2.32. The van der Waals surface area contributed by atoms with E-state index in [0.717, 1.165) is 5.57 Å². The molecule has 1 aliphatic carbocycles. The number of benzene rings is 1. The van der Waals surface area contributed by atoms with Crippen LogP contribution in [0.4, 0.5) is 0 Å². The van der Waals surface area contributed by atoms with Crippen LogP contribution in [-0.2, 0) is 0 Å². The molecule has 1 aromatic carbocycles. The zero-order valence-corrected chi connectivity index (χ0v) is 9.86. The quantitative estimate of drug-likeness (QED) is 0.819. The zero-order valence-electron chi connectivity index (χ0n) is 9.86. The van der Waals surface area contributed by atoms with Gasteiger partial charge in [0.1, 0.15) is 0 Å². The Morgan fingerprint density at radius 3 is 2.38 bits per heavy atom. The summed E-state index contributed by atoms with van der Waals surface area (Å²) in [5, 5.41) is 0. The van der Waals surface area contributed by atoms with E-state index in [2.05, 4.69) is 18.7 Å². The van der Waals surface area contributed by atoms with Crippen LogP contribution in [0.1, 0.15) is 37.7 Å². The molecule has 16 heavy (non-hydrogen) atoms. The van der Waals surface area contributed by atoms with Gasteiger partial charge in [-0.3, -0.25) is 0 Å². The molecule has 2 N–H and O–H groups in total. The normalized spacial score (nSPS) is 19.3. The maximum atomic E-state index is 6.32. The van der Waals surface area contributed by atoms with Crippen molar-refractivity contribution < 1.29 is 0 Å². The highest BCUT2D eigenvalue weighted by Gasteiger charge is 2.22. The molecule has 2 rings (SSSR count). The lowest BCUT2D eigenvalue weighted by molar-refractivity contribution is 0.337. The minimum Gasteiger partial charge on any atom is -0.324 e. The summed E-state index contributed by atoms with van der Waals surface area (Å²) in [5.74, 6) is 0.640. The van der Waals surface area contributed by atoms with Crippen LogP contribution in [0.15, 0.2) is 36.9 Å². The van der Waals surface area contributed by atoms with E-state index >= 15 is 0 Å². The highest BCUT2D eigenvalue weighted by Crippen LogP contribution is 2.30. The topological polar surface area (TPSA) is 26.0 Å². The molecular formula is C15H21N. The molecular weight excluding hydrogens is 194 g/mol. The van der Waals surface area contributed by atoms with E-state index in [9.17, 15) is 0 Å². The third-order valence-electron chi connectivity index (χ3n) is 3.70. The van der Waals surface area contributed by atoms with Crippen LogP contribution < -0.4 is 5.73 Å². The molecule has 1 heteroatoms. The first-order chi connectivity index (χ1) is 7.79. The molecule has 0 aromatic heterocycles. The van der Waals surface area contributed by atoms with Gasteiger partial charge in [-0.25, -0.2) is 0 Å². The fourth-order valence-corrected chi connectivity index (χ4v) is 2.62. The van der Waals surface area contributed by atoms with Gasteiger partial charge in [0.25, 0.3) is 0 Å². The average Bonchev–Trinajstić information content (AvgIpc) is 2.39. The van der Waals surface area contributed by atoms with Crippen LogP contribution in [-0.4, -0.2) is 6.04 Å². The summed E-state index contributed by atoms with van der Waals surface area (Å²) in [4.78, 5) is 0. The molecule has 0 unspecified atom stereocenters. The smallest absolute Gasteiger partial charge is 0.0323 e. The van der Waals surface area contributed by atoms with Gasteiger partial charge in [0.15, 0.2) is 0 Å². The molecule has 0 radical (unpaired) electrons. The van der Waals surface area contributed by atoms with Crippen molar-refractivity contribution in [2.45, 2.75) is 38.1 Å². The zero-order chi connectivity index (χ0) is 11.4. The Morgan fingerprint density at radius 1 is 1.12 bits per heavy atom. The Hall–Kier alpha value is -1.08. The molecule has 86 valence electrons. The van der Waals surface area contributed by atoms with Crippen molar-refractivity contribution in [1.29, 1.82) is 0 Å². The second-order valence-electron chi connectivity index (χ2n) is 4.82. The molecule has 1 atom stereocenters. The van der Waals surface area contributed by atoms with Gasteiger partial charge in [0.05, 0.1) is 0 Å². The Balaban J connectivity index is 2.04. The predicted octanol–water partition coefficient (Wildman–Crippen LogP) is 3.61. The summed E-state index contributed by atoms with van der Waals surface area (Å²) in [5.41, 5.74) is 8.62. The van der Waals surface area contributed by atoms with E-state index in [1.165, 1.54) is 37.7 Å². The Labute approximate surface area is 98.4 Å². The Morgan fingerprint density at radius 2 is 1.75 bits per heavy atom. The molecule has 1 aliphatic rings. The second-order valence-corrected chi connectivity index (χ2v) is 4.82. The van der Waals surface area contributed by atoms with E-state index in [1.54, 1.807) is 0 Å². The van der Waals surface area contributed by atoms with Crippen LogP contribution >= 0.6 is 0 Å². The van der Waals surface area contributed by atoms with Crippen molar-refractivity contribution in [1.82, 2.24) is 0 Å². The van der Waals surface area contributed by atoms with E-state index in [-0.39, 0.29) is 6.04 Å². The van der Waals surface area contributed by atoms with E-state index in [4.69, 9.17) is 5.73 Å². The molecule has 0 heterocycles. The molecule has 1 nitrogen and oxygen atoms in total.